The van der Waals surface area contributed by atoms with Gasteiger partial charge in [-0.1, -0.05) is 6.07 Å². The number of likely N-dealkylation sites (N-methyl/N-ethyl adjacent to an activating group) is 1. The van der Waals surface area contributed by atoms with Gasteiger partial charge in [0.05, 0.1) is 5.60 Å². The van der Waals surface area contributed by atoms with Gasteiger partial charge in [0, 0.05) is 25.4 Å². The zero-order valence-electron chi connectivity index (χ0n) is 13.7. The molecule has 0 aliphatic carbocycles. The second-order valence-corrected chi connectivity index (χ2v) is 5.97. The van der Waals surface area contributed by atoms with E-state index in [9.17, 15) is 18.3 Å². The second kappa shape index (κ2) is 6.72. The first-order valence-electron chi connectivity index (χ1n) is 7.45. The number of hydrogen-bond donors (Lipinski definition) is 1. The molecule has 2 aromatic rings. The van der Waals surface area contributed by atoms with E-state index in [2.05, 4.69) is 15.0 Å². The van der Waals surface area contributed by atoms with Crippen LogP contribution < -0.4 is 4.90 Å². The van der Waals surface area contributed by atoms with E-state index in [1.54, 1.807) is 43.9 Å². The highest BCUT2D eigenvalue weighted by molar-refractivity contribution is 5.54. The molecule has 2 heterocycles. The molecule has 2 rings (SSSR count). The van der Waals surface area contributed by atoms with Crippen LogP contribution in [0.4, 0.5) is 19.0 Å². The molecule has 130 valence electrons. The van der Waals surface area contributed by atoms with Crippen LogP contribution in [0.1, 0.15) is 26.5 Å². The molecule has 0 amide bonds. The smallest absolute Gasteiger partial charge is 0.389 e. The van der Waals surface area contributed by atoms with Crippen LogP contribution in [-0.2, 0) is 6.18 Å². The molecule has 24 heavy (non-hydrogen) atoms. The number of rotatable bonds is 5. The molecule has 0 aromatic carbocycles. The molecule has 0 unspecified atom stereocenters. The summed E-state index contributed by atoms with van der Waals surface area (Å²) in [6.07, 6.45) is -3.14. The maximum atomic E-state index is 13.2. The Morgan fingerprint density at radius 2 is 1.88 bits per heavy atom. The number of halogens is 3. The van der Waals surface area contributed by atoms with Crippen LogP contribution in [0.5, 0.6) is 0 Å². The van der Waals surface area contributed by atoms with Gasteiger partial charge in [0.2, 0.25) is 0 Å². The van der Waals surface area contributed by atoms with Crippen LogP contribution in [0.25, 0.3) is 11.5 Å². The third-order valence-electron chi connectivity index (χ3n) is 3.18. The van der Waals surface area contributed by atoms with Gasteiger partial charge in [-0.3, -0.25) is 4.98 Å². The summed E-state index contributed by atoms with van der Waals surface area (Å²) < 4.78 is 39.6. The lowest BCUT2D eigenvalue weighted by Gasteiger charge is -2.29. The average molecular weight is 340 g/mol. The fourth-order valence-electron chi connectivity index (χ4n) is 2.17. The molecule has 0 spiro atoms. The number of hydrogen-bond acceptors (Lipinski definition) is 5. The lowest BCUT2D eigenvalue weighted by Crippen LogP contribution is -2.39. The van der Waals surface area contributed by atoms with Crippen LogP contribution in [0.3, 0.4) is 0 Å². The zero-order valence-corrected chi connectivity index (χ0v) is 13.7. The molecule has 1 N–H and O–H groups in total. The van der Waals surface area contributed by atoms with E-state index in [0.29, 0.717) is 6.54 Å². The van der Waals surface area contributed by atoms with Crippen molar-refractivity contribution >= 4 is 5.82 Å². The molecule has 0 saturated carbocycles. The monoisotopic (exact) mass is 340 g/mol. The SMILES string of the molecule is CCN(CC(C)(C)O)c1cc(C(F)(F)F)nc(-c2ccccn2)n1. The second-order valence-electron chi connectivity index (χ2n) is 5.97. The van der Waals surface area contributed by atoms with E-state index < -0.39 is 17.5 Å². The molecule has 0 radical (unpaired) electrons. The first kappa shape index (κ1) is 18.1. The summed E-state index contributed by atoms with van der Waals surface area (Å²) in [5.41, 5.74) is -1.86. The van der Waals surface area contributed by atoms with Crippen LogP contribution >= 0.6 is 0 Å². The fraction of sp³-hybridized carbons (Fsp3) is 0.438. The van der Waals surface area contributed by atoms with Crippen molar-refractivity contribution < 1.29 is 18.3 Å². The molecule has 0 saturated heterocycles. The summed E-state index contributed by atoms with van der Waals surface area (Å²) >= 11 is 0. The van der Waals surface area contributed by atoms with Gasteiger partial charge in [0.15, 0.2) is 11.5 Å². The van der Waals surface area contributed by atoms with Crippen LogP contribution in [0, 0.1) is 0 Å². The lowest BCUT2D eigenvalue weighted by molar-refractivity contribution is -0.141. The Morgan fingerprint density at radius 3 is 2.38 bits per heavy atom. The summed E-state index contributed by atoms with van der Waals surface area (Å²) in [5.74, 6) is -0.00257. The van der Waals surface area contributed by atoms with Gasteiger partial charge >= 0.3 is 6.18 Å². The maximum Gasteiger partial charge on any atom is 0.433 e. The molecular formula is C16H19F3N4O. The highest BCUT2D eigenvalue weighted by Crippen LogP contribution is 2.31. The van der Waals surface area contributed by atoms with E-state index in [0.717, 1.165) is 6.07 Å². The van der Waals surface area contributed by atoms with E-state index in [1.807, 2.05) is 0 Å². The van der Waals surface area contributed by atoms with Gasteiger partial charge in [-0.2, -0.15) is 13.2 Å². The van der Waals surface area contributed by atoms with Crippen molar-refractivity contribution in [3.63, 3.8) is 0 Å². The molecular weight excluding hydrogens is 321 g/mol. The van der Waals surface area contributed by atoms with Crippen molar-refractivity contribution in [2.75, 3.05) is 18.0 Å². The normalized spacial score (nSPS) is 12.3. The molecule has 0 aliphatic heterocycles. The van der Waals surface area contributed by atoms with Crippen LogP contribution in [-0.4, -0.2) is 38.7 Å². The zero-order chi connectivity index (χ0) is 18.0. The first-order valence-corrected chi connectivity index (χ1v) is 7.45. The Bertz CT molecular complexity index is 684. The Balaban J connectivity index is 2.54. The third-order valence-corrected chi connectivity index (χ3v) is 3.18. The summed E-state index contributed by atoms with van der Waals surface area (Å²) in [4.78, 5) is 13.4. The van der Waals surface area contributed by atoms with Gasteiger partial charge in [-0.15, -0.1) is 0 Å². The van der Waals surface area contributed by atoms with Gasteiger partial charge < -0.3 is 10.0 Å². The van der Waals surface area contributed by atoms with Crippen molar-refractivity contribution in [1.29, 1.82) is 0 Å². The minimum Gasteiger partial charge on any atom is -0.389 e. The standard InChI is InChI=1S/C16H19F3N4O/c1-4-23(10-15(2,3)24)13-9-12(16(17,18)19)21-14(22-13)11-7-5-6-8-20-11/h5-9,24H,4,10H2,1-3H3. The van der Waals surface area contributed by atoms with Gasteiger partial charge in [-0.25, -0.2) is 9.97 Å². The van der Waals surface area contributed by atoms with Gasteiger partial charge in [0.25, 0.3) is 0 Å². The minimum atomic E-state index is -4.60. The summed E-state index contributed by atoms with van der Waals surface area (Å²) in [7, 11) is 0. The number of nitrogens with zero attached hydrogens (tertiary/aromatic N) is 4. The summed E-state index contributed by atoms with van der Waals surface area (Å²) in [6.45, 7) is 5.48. The van der Waals surface area contributed by atoms with E-state index in [4.69, 9.17) is 0 Å². The number of anilines is 1. The number of aliphatic hydroxyl groups is 1. The van der Waals surface area contributed by atoms with Gasteiger partial charge in [-0.05, 0) is 32.9 Å². The van der Waals surface area contributed by atoms with E-state index in [1.165, 1.54) is 6.20 Å². The average Bonchev–Trinajstić information content (AvgIpc) is 2.51. The molecule has 0 bridgehead atoms. The molecule has 0 aliphatic rings. The lowest BCUT2D eigenvalue weighted by atomic mass is 10.1. The molecule has 8 heteroatoms. The molecule has 0 fully saturated rings. The minimum absolute atomic E-state index is 0.0996. The van der Waals surface area contributed by atoms with Crippen molar-refractivity contribution in [2.45, 2.75) is 32.5 Å². The number of pyridine rings is 1. The Hall–Kier alpha value is -2.22. The quantitative estimate of drug-likeness (QED) is 0.906. The van der Waals surface area contributed by atoms with E-state index in [-0.39, 0.29) is 23.9 Å². The first-order chi connectivity index (χ1) is 11.1. The number of aromatic nitrogens is 3. The van der Waals surface area contributed by atoms with Crippen molar-refractivity contribution in [3.8, 4) is 11.5 Å². The highest BCUT2D eigenvalue weighted by Gasteiger charge is 2.34. The predicted molar refractivity (Wildman–Crippen MR) is 84.4 cm³/mol. The summed E-state index contributed by atoms with van der Waals surface area (Å²) in [6, 6.07) is 5.75. The molecule has 5 nitrogen and oxygen atoms in total. The van der Waals surface area contributed by atoms with Crippen LogP contribution in [0.2, 0.25) is 0 Å². The summed E-state index contributed by atoms with van der Waals surface area (Å²) in [5, 5.41) is 9.98. The third kappa shape index (κ3) is 4.64. The van der Waals surface area contributed by atoms with E-state index >= 15 is 0 Å². The number of alkyl halides is 3. The Labute approximate surface area is 138 Å². The van der Waals surface area contributed by atoms with Crippen LogP contribution in [0.15, 0.2) is 30.5 Å². The van der Waals surface area contributed by atoms with Crippen molar-refractivity contribution in [1.82, 2.24) is 15.0 Å². The Morgan fingerprint density at radius 1 is 1.17 bits per heavy atom. The van der Waals surface area contributed by atoms with Crippen molar-refractivity contribution in [3.05, 3.63) is 36.2 Å². The topological polar surface area (TPSA) is 62.1 Å². The molecule has 2 aromatic heterocycles. The Kier molecular flexibility index (Phi) is 5.08. The fourth-order valence-corrected chi connectivity index (χ4v) is 2.17. The highest BCUT2D eigenvalue weighted by atomic mass is 19.4. The molecule has 0 atom stereocenters. The van der Waals surface area contributed by atoms with Gasteiger partial charge in [0.1, 0.15) is 11.5 Å². The van der Waals surface area contributed by atoms with Crippen molar-refractivity contribution in [2.24, 2.45) is 0 Å². The predicted octanol–water partition coefficient (Wildman–Crippen LogP) is 3.15. The largest absolute Gasteiger partial charge is 0.433 e. The maximum absolute atomic E-state index is 13.2.